The van der Waals surface area contributed by atoms with Gasteiger partial charge in [0.25, 0.3) is 0 Å². The van der Waals surface area contributed by atoms with Gasteiger partial charge in [0.15, 0.2) is 0 Å². The second kappa shape index (κ2) is 8.42. The molecule has 0 aromatic heterocycles. The number of ether oxygens (including phenoxy) is 2. The van der Waals surface area contributed by atoms with E-state index in [1.54, 1.807) is 14.0 Å². The maximum atomic E-state index is 13.4. The minimum Gasteiger partial charge on any atom is -0.497 e. The standard InChI is InChI=1S/C24H26O4/c1-4-28-23(26)24(20-8-6-5-7-9-20)15-17(2)14-19(16-25)22(24)18-10-12-21(27-3)13-11-18/h5-13,16,19,22H,2,4,14-15H2,1,3H3. The van der Waals surface area contributed by atoms with E-state index in [-0.39, 0.29) is 24.4 Å². The van der Waals surface area contributed by atoms with Crippen LogP contribution in [0.25, 0.3) is 0 Å². The average molecular weight is 378 g/mol. The molecule has 0 spiro atoms. The Hall–Kier alpha value is -2.88. The van der Waals surface area contributed by atoms with Gasteiger partial charge in [0.1, 0.15) is 17.5 Å². The summed E-state index contributed by atoms with van der Waals surface area (Å²) in [5, 5.41) is 0. The zero-order valence-corrected chi connectivity index (χ0v) is 16.4. The molecule has 0 N–H and O–H groups in total. The molecule has 0 aliphatic heterocycles. The van der Waals surface area contributed by atoms with Gasteiger partial charge in [-0.05, 0) is 43.0 Å². The Morgan fingerprint density at radius 3 is 2.43 bits per heavy atom. The minimum atomic E-state index is -0.993. The molecule has 4 heteroatoms. The highest BCUT2D eigenvalue weighted by atomic mass is 16.5. The van der Waals surface area contributed by atoms with Crippen molar-refractivity contribution in [1.29, 1.82) is 0 Å². The molecule has 0 radical (unpaired) electrons. The molecule has 1 fully saturated rings. The van der Waals surface area contributed by atoms with Gasteiger partial charge in [-0.1, -0.05) is 54.6 Å². The van der Waals surface area contributed by atoms with Gasteiger partial charge >= 0.3 is 5.97 Å². The monoisotopic (exact) mass is 378 g/mol. The Morgan fingerprint density at radius 1 is 1.18 bits per heavy atom. The van der Waals surface area contributed by atoms with E-state index in [1.807, 2.05) is 54.6 Å². The van der Waals surface area contributed by atoms with Gasteiger partial charge in [0, 0.05) is 11.8 Å². The van der Waals surface area contributed by atoms with Crippen LogP contribution in [0.3, 0.4) is 0 Å². The van der Waals surface area contributed by atoms with E-state index in [2.05, 4.69) is 6.58 Å². The minimum absolute atomic E-state index is 0.279. The van der Waals surface area contributed by atoms with Crippen LogP contribution in [0.15, 0.2) is 66.7 Å². The zero-order chi connectivity index (χ0) is 20.1. The number of rotatable bonds is 6. The highest BCUT2D eigenvalue weighted by Gasteiger charge is 2.54. The van der Waals surface area contributed by atoms with Crippen molar-refractivity contribution in [1.82, 2.24) is 0 Å². The van der Waals surface area contributed by atoms with Crippen LogP contribution >= 0.6 is 0 Å². The van der Waals surface area contributed by atoms with Crippen LogP contribution < -0.4 is 4.74 Å². The number of allylic oxidation sites excluding steroid dienone is 1. The smallest absolute Gasteiger partial charge is 0.317 e. The van der Waals surface area contributed by atoms with E-state index in [9.17, 15) is 9.59 Å². The van der Waals surface area contributed by atoms with Crippen molar-refractivity contribution >= 4 is 12.3 Å². The van der Waals surface area contributed by atoms with E-state index in [0.717, 1.165) is 28.7 Å². The van der Waals surface area contributed by atoms with Gasteiger partial charge in [-0.3, -0.25) is 4.79 Å². The number of methoxy groups -OCH3 is 1. The molecule has 2 aromatic carbocycles. The molecule has 2 aromatic rings. The van der Waals surface area contributed by atoms with Crippen molar-refractivity contribution in [3.8, 4) is 5.75 Å². The summed E-state index contributed by atoms with van der Waals surface area (Å²) in [5.41, 5.74) is 1.66. The third kappa shape index (κ3) is 3.47. The van der Waals surface area contributed by atoms with Crippen molar-refractivity contribution in [3.05, 3.63) is 77.9 Å². The summed E-state index contributed by atoms with van der Waals surface area (Å²) in [4.78, 5) is 25.5. The van der Waals surface area contributed by atoms with Crippen LogP contribution in [-0.4, -0.2) is 26.0 Å². The summed E-state index contributed by atoms with van der Waals surface area (Å²) in [7, 11) is 1.61. The van der Waals surface area contributed by atoms with Gasteiger partial charge in [0.2, 0.25) is 0 Å². The second-order valence-corrected chi connectivity index (χ2v) is 7.24. The van der Waals surface area contributed by atoms with Gasteiger partial charge < -0.3 is 14.3 Å². The molecular weight excluding hydrogens is 352 g/mol. The van der Waals surface area contributed by atoms with E-state index < -0.39 is 5.41 Å². The predicted molar refractivity (Wildman–Crippen MR) is 108 cm³/mol. The summed E-state index contributed by atoms with van der Waals surface area (Å²) < 4.78 is 10.8. The van der Waals surface area contributed by atoms with E-state index in [1.165, 1.54) is 0 Å². The summed E-state index contributed by atoms with van der Waals surface area (Å²) >= 11 is 0. The first-order valence-electron chi connectivity index (χ1n) is 9.55. The van der Waals surface area contributed by atoms with Gasteiger partial charge in [-0.15, -0.1) is 0 Å². The Labute approximate surface area is 166 Å². The first kappa shape index (κ1) is 19.9. The van der Waals surface area contributed by atoms with Crippen molar-refractivity contribution < 1.29 is 19.1 Å². The lowest BCUT2D eigenvalue weighted by Gasteiger charge is -2.46. The van der Waals surface area contributed by atoms with E-state index >= 15 is 0 Å². The van der Waals surface area contributed by atoms with Gasteiger partial charge in [-0.25, -0.2) is 0 Å². The lowest BCUT2D eigenvalue weighted by molar-refractivity contribution is -0.153. The average Bonchev–Trinajstić information content (AvgIpc) is 2.73. The molecule has 1 aliphatic rings. The van der Waals surface area contributed by atoms with Gasteiger partial charge in [0.05, 0.1) is 13.7 Å². The van der Waals surface area contributed by atoms with Crippen LogP contribution in [0.2, 0.25) is 0 Å². The Bertz CT molecular complexity index is 841. The third-order valence-electron chi connectivity index (χ3n) is 5.59. The van der Waals surface area contributed by atoms with Crippen molar-refractivity contribution in [2.45, 2.75) is 31.1 Å². The topological polar surface area (TPSA) is 52.6 Å². The molecule has 4 nitrogen and oxygen atoms in total. The molecule has 0 saturated heterocycles. The highest BCUT2D eigenvalue weighted by molar-refractivity contribution is 5.87. The molecule has 28 heavy (non-hydrogen) atoms. The summed E-state index contributed by atoms with van der Waals surface area (Å²) in [6, 6.07) is 17.2. The summed E-state index contributed by atoms with van der Waals surface area (Å²) in [6.07, 6.45) is 1.97. The van der Waals surface area contributed by atoms with Gasteiger partial charge in [-0.2, -0.15) is 0 Å². The number of carbonyl (C=O) groups excluding carboxylic acids is 2. The molecule has 1 saturated carbocycles. The predicted octanol–water partition coefficient (Wildman–Crippen LogP) is 4.45. The maximum Gasteiger partial charge on any atom is 0.317 e. The fourth-order valence-corrected chi connectivity index (χ4v) is 4.46. The zero-order valence-electron chi connectivity index (χ0n) is 16.4. The lowest BCUT2D eigenvalue weighted by Crippen LogP contribution is -2.49. The largest absolute Gasteiger partial charge is 0.497 e. The highest BCUT2D eigenvalue weighted by Crippen LogP contribution is 2.53. The summed E-state index contributed by atoms with van der Waals surface area (Å²) in [6.45, 7) is 6.22. The quantitative estimate of drug-likeness (QED) is 0.423. The van der Waals surface area contributed by atoms with Crippen LogP contribution in [0.5, 0.6) is 5.75 Å². The number of carbonyl (C=O) groups is 2. The Balaban J connectivity index is 2.24. The first-order valence-corrected chi connectivity index (χ1v) is 9.55. The van der Waals surface area contributed by atoms with E-state index in [4.69, 9.17) is 9.47 Å². The molecule has 3 atom stereocenters. The van der Waals surface area contributed by atoms with Crippen LogP contribution in [0.1, 0.15) is 36.8 Å². The normalized spacial score (nSPS) is 24.4. The van der Waals surface area contributed by atoms with Crippen molar-refractivity contribution in [2.24, 2.45) is 5.92 Å². The number of hydrogen-bond acceptors (Lipinski definition) is 4. The number of aldehydes is 1. The SMILES string of the molecule is C=C1CC(C=O)C(c2ccc(OC)cc2)C(C(=O)OCC)(c2ccccc2)C1. The molecule has 146 valence electrons. The van der Waals surface area contributed by atoms with Crippen LogP contribution in [-0.2, 0) is 19.7 Å². The molecule has 3 rings (SSSR count). The van der Waals surface area contributed by atoms with Crippen LogP contribution in [0, 0.1) is 5.92 Å². The maximum absolute atomic E-state index is 13.4. The molecule has 1 aliphatic carbocycles. The van der Waals surface area contributed by atoms with E-state index in [0.29, 0.717) is 12.8 Å². The van der Waals surface area contributed by atoms with Crippen molar-refractivity contribution in [2.75, 3.05) is 13.7 Å². The molecular formula is C24H26O4. The number of benzene rings is 2. The number of hydrogen-bond donors (Lipinski definition) is 0. The third-order valence-corrected chi connectivity index (χ3v) is 5.59. The Kier molecular flexibility index (Phi) is 5.98. The molecule has 0 bridgehead atoms. The molecule has 0 amide bonds. The first-order chi connectivity index (χ1) is 13.6. The molecule has 3 unspecified atom stereocenters. The van der Waals surface area contributed by atoms with Crippen molar-refractivity contribution in [3.63, 3.8) is 0 Å². The summed E-state index contributed by atoms with van der Waals surface area (Å²) in [5.74, 6) is -0.287. The fourth-order valence-electron chi connectivity index (χ4n) is 4.46. The second-order valence-electron chi connectivity index (χ2n) is 7.24. The van der Waals surface area contributed by atoms with Crippen LogP contribution in [0.4, 0.5) is 0 Å². The molecule has 0 heterocycles. The number of esters is 1. The fraction of sp³-hybridized carbons (Fsp3) is 0.333. The lowest BCUT2D eigenvalue weighted by atomic mass is 9.56. The Morgan fingerprint density at radius 2 is 1.86 bits per heavy atom.